The number of nitrogens with zero attached hydrogens (tertiary/aromatic N) is 2. The molecule has 0 aliphatic heterocycles. The van der Waals surface area contributed by atoms with Crippen LogP contribution in [0, 0.1) is 24.1 Å². The predicted molar refractivity (Wildman–Crippen MR) is 111 cm³/mol. The summed E-state index contributed by atoms with van der Waals surface area (Å²) in [6.45, 7) is 2.10. The Hall–Kier alpha value is -3.91. The Morgan fingerprint density at radius 3 is 2.76 bits per heavy atom. The van der Waals surface area contributed by atoms with Gasteiger partial charge in [-0.2, -0.15) is 5.26 Å². The predicted octanol–water partition coefficient (Wildman–Crippen LogP) is 5.65. The molecule has 0 unspecified atom stereocenters. The molecule has 0 atom stereocenters. The lowest BCUT2D eigenvalue weighted by Crippen LogP contribution is -1.99. The third-order valence-electron chi connectivity index (χ3n) is 4.57. The second-order valence-corrected chi connectivity index (χ2v) is 6.69. The monoisotopic (exact) mass is 383 g/mol. The van der Waals surface area contributed by atoms with Crippen LogP contribution in [0.2, 0.25) is 0 Å². The van der Waals surface area contributed by atoms with Crippen molar-refractivity contribution in [2.45, 2.75) is 13.5 Å². The van der Waals surface area contributed by atoms with Gasteiger partial charge in [-0.1, -0.05) is 42.5 Å². The molecule has 0 aliphatic carbocycles. The van der Waals surface area contributed by atoms with Crippen LogP contribution >= 0.6 is 0 Å². The van der Waals surface area contributed by atoms with Crippen LogP contribution < -0.4 is 4.74 Å². The van der Waals surface area contributed by atoms with Gasteiger partial charge in [-0.25, -0.2) is 9.37 Å². The summed E-state index contributed by atoms with van der Waals surface area (Å²) in [6, 6.07) is 21.9. The van der Waals surface area contributed by atoms with Crippen LogP contribution in [0.15, 0.2) is 66.7 Å². The lowest BCUT2D eigenvalue weighted by atomic mass is 10.1. The second kappa shape index (κ2) is 7.99. The third kappa shape index (κ3) is 4.02. The number of hydrogen-bond acceptors (Lipinski definition) is 3. The molecule has 4 nitrogen and oxygen atoms in total. The van der Waals surface area contributed by atoms with Crippen LogP contribution in [0.25, 0.3) is 22.7 Å². The number of aromatic amines is 1. The van der Waals surface area contributed by atoms with Crippen LogP contribution in [0.3, 0.4) is 0 Å². The minimum atomic E-state index is -0.309. The number of imidazole rings is 1. The molecule has 0 aliphatic rings. The molecular formula is C24H18FN3O. The number of nitrogens with one attached hydrogen (secondary N) is 1. The first-order valence-corrected chi connectivity index (χ1v) is 9.18. The highest BCUT2D eigenvalue weighted by atomic mass is 19.1. The highest BCUT2D eigenvalue weighted by molar-refractivity contribution is 5.91. The van der Waals surface area contributed by atoms with E-state index in [4.69, 9.17) is 4.74 Å². The summed E-state index contributed by atoms with van der Waals surface area (Å²) in [7, 11) is 0. The number of H-pyrrole nitrogens is 1. The standard InChI is InChI=1S/C24H18FN3O/c1-16-10-11-21-22(12-16)28-24(27-21)19(14-26)13-17-6-3-5-9-23(17)29-15-18-7-2-4-8-20(18)25/h2-13H,15H2,1H3,(H,27,28)/b19-13-. The maximum atomic E-state index is 13.9. The van der Waals surface area contributed by atoms with Crippen molar-refractivity contribution in [3.8, 4) is 11.8 Å². The highest BCUT2D eigenvalue weighted by Gasteiger charge is 2.10. The average molecular weight is 383 g/mol. The first-order chi connectivity index (χ1) is 14.1. The van der Waals surface area contributed by atoms with Crippen molar-refractivity contribution in [1.29, 1.82) is 5.26 Å². The van der Waals surface area contributed by atoms with Gasteiger partial charge in [-0.05, 0) is 42.8 Å². The van der Waals surface area contributed by atoms with E-state index in [9.17, 15) is 9.65 Å². The lowest BCUT2D eigenvalue weighted by Gasteiger charge is -2.10. The number of ether oxygens (including phenoxy) is 1. The summed E-state index contributed by atoms with van der Waals surface area (Å²) in [5.74, 6) is 0.753. The number of nitriles is 1. The molecule has 0 bridgehead atoms. The zero-order valence-electron chi connectivity index (χ0n) is 15.8. The van der Waals surface area contributed by atoms with Crippen LogP contribution in [0.1, 0.15) is 22.5 Å². The van der Waals surface area contributed by atoms with Gasteiger partial charge in [-0.3, -0.25) is 0 Å². The Morgan fingerprint density at radius 2 is 1.93 bits per heavy atom. The molecule has 0 saturated carbocycles. The van der Waals surface area contributed by atoms with Crippen molar-refractivity contribution in [3.05, 3.63) is 95.1 Å². The van der Waals surface area contributed by atoms with Gasteiger partial charge in [0.2, 0.25) is 0 Å². The molecule has 1 heterocycles. The molecule has 0 fully saturated rings. The molecule has 0 spiro atoms. The summed E-state index contributed by atoms with van der Waals surface area (Å²) in [5, 5.41) is 9.69. The third-order valence-corrected chi connectivity index (χ3v) is 4.57. The van der Waals surface area contributed by atoms with Gasteiger partial charge < -0.3 is 9.72 Å². The van der Waals surface area contributed by atoms with E-state index in [1.54, 1.807) is 30.3 Å². The van der Waals surface area contributed by atoms with Gasteiger partial charge in [0.05, 0.1) is 16.6 Å². The molecule has 5 heteroatoms. The molecule has 3 aromatic carbocycles. The first kappa shape index (κ1) is 18.5. The molecule has 0 saturated heterocycles. The molecule has 1 aromatic heterocycles. The normalized spacial score (nSPS) is 11.4. The van der Waals surface area contributed by atoms with E-state index in [1.807, 2.05) is 43.3 Å². The maximum absolute atomic E-state index is 13.9. The van der Waals surface area contributed by atoms with Crippen molar-refractivity contribution < 1.29 is 9.13 Å². The van der Waals surface area contributed by atoms with Crippen molar-refractivity contribution in [2.24, 2.45) is 0 Å². The van der Waals surface area contributed by atoms with Crippen molar-refractivity contribution in [3.63, 3.8) is 0 Å². The smallest absolute Gasteiger partial charge is 0.149 e. The average Bonchev–Trinajstić information content (AvgIpc) is 3.15. The van der Waals surface area contributed by atoms with E-state index >= 15 is 0 Å². The van der Waals surface area contributed by atoms with E-state index in [2.05, 4.69) is 16.0 Å². The maximum Gasteiger partial charge on any atom is 0.149 e. The van der Waals surface area contributed by atoms with E-state index in [1.165, 1.54) is 6.07 Å². The number of allylic oxidation sites excluding steroid dienone is 1. The lowest BCUT2D eigenvalue weighted by molar-refractivity contribution is 0.299. The number of para-hydroxylation sites is 1. The largest absolute Gasteiger partial charge is 0.488 e. The van der Waals surface area contributed by atoms with Gasteiger partial charge >= 0.3 is 0 Å². The Morgan fingerprint density at radius 1 is 1.14 bits per heavy atom. The topological polar surface area (TPSA) is 61.7 Å². The highest BCUT2D eigenvalue weighted by Crippen LogP contribution is 2.26. The van der Waals surface area contributed by atoms with Crippen LogP contribution in [0.4, 0.5) is 4.39 Å². The van der Waals surface area contributed by atoms with Crippen LogP contribution in [-0.4, -0.2) is 9.97 Å². The fourth-order valence-corrected chi connectivity index (χ4v) is 3.06. The minimum absolute atomic E-state index is 0.101. The quantitative estimate of drug-likeness (QED) is 0.453. The second-order valence-electron chi connectivity index (χ2n) is 6.69. The van der Waals surface area contributed by atoms with Crippen LogP contribution in [-0.2, 0) is 6.61 Å². The first-order valence-electron chi connectivity index (χ1n) is 9.18. The molecule has 4 aromatic rings. The Kier molecular flexibility index (Phi) is 5.08. The van der Waals surface area contributed by atoms with E-state index in [0.717, 1.165) is 22.2 Å². The summed E-state index contributed by atoms with van der Waals surface area (Å²) in [6.07, 6.45) is 1.72. The molecule has 0 amide bonds. The molecule has 142 valence electrons. The van der Waals surface area contributed by atoms with Crippen molar-refractivity contribution in [2.75, 3.05) is 0 Å². The Balaban J connectivity index is 1.65. The van der Waals surface area contributed by atoms with Crippen LogP contribution in [0.5, 0.6) is 5.75 Å². The van der Waals surface area contributed by atoms with Crippen molar-refractivity contribution in [1.82, 2.24) is 9.97 Å². The number of benzene rings is 3. The number of rotatable bonds is 5. The fourth-order valence-electron chi connectivity index (χ4n) is 3.06. The summed E-state index contributed by atoms with van der Waals surface area (Å²) in [5.41, 5.74) is 4.38. The number of aryl methyl sites for hydroxylation is 1. The van der Waals surface area contributed by atoms with Gasteiger partial charge in [0, 0.05) is 11.1 Å². The SMILES string of the molecule is Cc1ccc2nc(/C(C#N)=C\c3ccccc3OCc3ccccc3F)[nH]c2c1. The fraction of sp³-hybridized carbons (Fsp3) is 0.0833. The molecule has 1 N–H and O–H groups in total. The number of halogens is 1. The van der Waals surface area contributed by atoms with Crippen molar-refractivity contribution >= 4 is 22.7 Å². The number of hydrogen-bond donors (Lipinski definition) is 1. The zero-order chi connectivity index (χ0) is 20.2. The van der Waals surface area contributed by atoms with E-state index in [0.29, 0.717) is 22.7 Å². The Bertz CT molecular complexity index is 1250. The molecule has 29 heavy (non-hydrogen) atoms. The molecule has 0 radical (unpaired) electrons. The number of fused-ring (bicyclic) bond motifs is 1. The van der Waals surface area contributed by atoms with Gasteiger partial charge in [0.1, 0.15) is 30.1 Å². The minimum Gasteiger partial charge on any atom is -0.488 e. The molecular weight excluding hydrogens is 365 g/mol. The summed E-state index contributed by atoms with van der Waals surface area (Å²) >= 11 is 0. The zero-order valence-corrected chi connectivity index (χ0v) is 15.8. The van der Waals surface area contributed by atoms with Gasteiger partial charge in [0.15, 0.2) is 0 Å². The van der Waals surface area contributed by atoms with E-state index < -0.39 is 0 Å². The Labute approximate surface area is 167 Å². The van der Waals surface area contributed by atoms with Gasteiger partial charge in [-0.15, -0.1) is 0 Å². The summed E-state index contributed by atoms with van der Waals surface area (Å²) < 4.78 is 19.7. The number of aromatic nitrogens is 2. The summed E-state index contributed by atoms with van der Waals surface area (Å²) in [4.78, 5) is 7.72. The van der Waals surface area contributed by atoms with Gasteiger partial charge in [0.25, 0.3) is 0 Å². The molecule has 4 rings (SSSR count). The van der Waals surface area contributed by atoms with E-state index in [-0.39, 0.29) is 12.4 Å².